The van der Waals surface area contributed by atoms with E-state index >= 15 is 0 Å². The van der Waals surface area contributed by atoms with E-state index in [9.17, 15) is 14.7 Å². The zero-order valence-corrected chi connectivity index (χ0v) is 38.5. The Labute approximate surface area is 350 Å². The number of esters is 2. The average molecular weight is 793 g/mol. The highest BCUT2D eigenvalue weighted by molar-refractivity contribution is 5.73. The van der Waals surface area contributed by atoms with Crippen LogP contribution in [0.4, 0.5) is 0 Å². The van der Waals surface area contributed by atoms with Gasteiger partial charge in [-0.3, -0.25) is 9.59 Å². The van der Waals surface area contributed by atoms with Crippen LogP contribution in [0, 0.1) is 11.8 Å². The largest absolute Gasteiger partial charge is 0.461 e. The van der Waals surface area contributed by atoms with Crippen molar-refractivity contribution in [3.05, 3.63) is 0 Å². The smallest absolute Gasteiger partial charge is 0.309 e. The Bertz CT molecular complexity index is 799. The van der Waals surface area contributed by atoms with Crippen LogP contribution in [0.5, 0.6) is 0 Å². The maximum Gasteiger partial charge on any atom is 0.309 e. The molecule has 0 rings (SSSR count). The summed E-state index contributed by atoms with van der Waals surface area (Å²) in [6.07, 6.45) is 52.4. The molecule has 0 aliphatic heterocycles. The first-order valence-corrected chi connectivity index (χ1v) is 25.4. The summed E-state index contributed by atoms with van der Waals surface area (Å²) < 4.78 is 11.0. The molecule has 5 heteroatoms. The lowest BCUT2D eigenvalue weighted by Crippen LogP contribution is -2.31. The van der Waals surface area contributed by atoms with Gasteiger partial charge in [-0.25, -0.2) is 0 Å². The molecule has 0 bridgehead atoms. The van der Waals surface area contributed by atoms with E-state index in [4.69, 9.17) is 9.47 Å². The third-order valence-electron chi connectivity index (χ3n) is 12.2. The molecular formula is C51H100O5. The predicted octanol–water partition coefficient (Wildman–Crippen LogP) is 16.3. The average Bonchev–Trinajstić information content (AvgIpc) is 3.20. The first-order chi connectivity index (χ1) is 27.5. The van der Waals surface area contributed by atoms with E-state index in [0.29, 0.717) is 0 Å². The molecule has 0 aromatic carbocycles. The normalized spacial score (nSPS) is 13.2. The summed E-state index contributed by atoms with van der Waals surface area (Å²) in [5, 5.41) is 9.76. The van der Waals surface area contributed by atoms with Gasteiger partial charge < -0.3 is 14.6 Å². The fourth-order valence-electron chi connectivity index (χ4n) is 8.02. The Balaban J connectivity index is 3.63. The molecule has 0 aliphatic carbocycles. The predicted molar refractivity (Wildman–Crippen MR) is 242 cm³/mol. The van der Waals surface area contributed by atoms with Gasteiger partial charge in [0, 0.05) is 0 Å². The second kappa shape index (κ2) is 45.0. The maximum absolute atomic E-state index is 12.6. The molecule has 1 N–H and O–H groups in total. The van der Waals surface area contributed by atoms with Gasteiger partial charge in [-0.1, -0.05) is 272 Å². The number of hydrogen-bond acceptors (Lipinski definition) is 5. The summed E-state index contributed by atoms with van der Waals surface area (Å²) in [6, 6.07) is 0. The van der Waals surface area contributed by atoms with E-state index in [2.05, 4.69) is 13.8 Å². The SMILES string of the molecule is CCCCCCCCCCCCCCCCCCCCCC(C)C(=O)OCC(CO)OC(=O)C(C)CCCCCCCCCCCCCCCCCCCCC. The minimum Gasteiger partial charge on any atom is -0.461 e. The van der Waals surface area contributed by atoms with Crippen molar-refractivity contribution in [2.24, 2.45) is 11.8 Å². The second-order valence-electron chi connectivity index (χ2n) is 18.0. The van der Waals surface area contributed by atoms with Gasteiger partial charge in [-0.2, -0.15) is 0 Å². The molecule has 56 heavy (non-hydrogen) atoms. The number of ether oxygens (including phenoxy) is 2. The fraction of sp³-hybridized carbons (Fsp3) is 0.961. The van der Waals surface area contributed by atoms with Crippen LogP contribution in [0.3, 0.4) is 0 Å². The molecule has 334 valence electrons. The van der Waals surface area contributed by atoms with E-state index in [1.165, 1.54) is 218 Å². The number of carbonyl (C=O) groups is 2. The molecule has 0 amide bonds. The molecule has 0 fully saturated rings. The monoisotopic (exact) mass is 793 g/mol. The van der Waals surface area contributed by atoms with Crippen LogP contribution in [0.2, 0.25) is 0 Å². The first kappa shape index (κ1) is 54.9. The minimum absolute atomic E-state index is 0.0728. The van der Waals surface area contributed by atoms with Crippen molar-refractivity contribution in [2.45, 2.75) is 291 Å². The Morgan fingerprint density at radius 2 is 0.607 bits per heavy atom. The molecule has 0 saturated carbocycles. The molecule has 0 aliphatic rings. The highest BCUT2D eigenvalue weighted by Crippen LogP contribution is 2.19. The molecule has 0 heterocycles. The van der Waals surface area contributed by atoms with Gasteiger partial charge in [0.2, 0.25) is 0 Å². The van der Waals surface area contributed by atoms with Crippen LogP contribution in [-0.4, -0.2) is 36.4 Å². The molecule has 0 saturated heterocycles. The second-order valence-corrected chi connectivity index (χ2v) is 18.0. The zero-order chi connectivity index (χ0) is 41.0. The van der Waals surface area contributed by atoms with Crippen molar-refractivity contribution in [3.63, 3.8) is 0 Å². The fourth-order valence-corrected chi connectivity index (χ4v) is 8.02. The molecule has 0 aromatic rings. The van der Waals surface area contributed by atoms with E-state index < -0.39 is 6.10 Å². The van der Waals surface area contributed by atoms with Gasteiger partial charge in [0.05, 0.1) is 18.4 Å². The van der Waals surface area contributed by atoms with Crippen LogP contribution in [0.25, 0.3) is 0 Å². The summed E-state index contributed by atoms with van der Waals surface area (Å²) in [4.78, 5) is 25.2. The zero-order valence-electron chi connectivity index (χ0n) is 38.5. The van der Waals surface area contributed by atoms with Crippen LogP contribution < -0.4 is 0 Å². The van der Waals surface area contributed by atoms with E-state index in [0.717, 1.165) is 38.5 Å². The van der Waals surface area contributed by atoms with Gasteiger partial charge >= 0.3 is 11.9 Å². The van der Waals surface area contributed by atoms with Gasteiger partial charge in [0.15, 0.2) is 6.10 Å². The number of aliphatic hydroxyl groups excluding tert-OH is 1. The van der Waals surface area contributed by atoms with Gasteiger partial charge in [-0.15, -0.1) is 0 Å². The third kappa shape index (κ3) is 39.7. The topological polar surface area (TPSA) is 72.8 Å². The molecule has 5 nitrogen and oxygen atoms in total. The number of rotatable bonds is 46. The first-order valence-electron chi connectivity index (χ1n) is 25.4. The maximum atomic E-state index is 12.6. The number of hydrogen-bond donors (Lipinski definition) is 1. The lowest BCUT2D eigenvalue weighted by atomic mass is 10.0. The number of carbonyl (C=O) groups excluding carboxylic acids is 2. The molecule has 0 spiro atoms. The van der Waals surface area contributed by atoms with Crippen LogP contribution in [0.15, 0.2) is 0 Å². The Kier molecular flexibility index (Phi) is 44.1. The lowest BCUT2D eigenvalue weighted by molar-refractivity contribution is -0.166. The standard InChI is InChI=1S/C51H100O5/c1-5-7-9-11-13-15-17-19-21-23-25-27-29-31-33-35-37-39-41-43-47(3)50(53)55-46-49(45-52)56-51(54)48(4)44-42-40-38-36-34-32-30-28-26-24-22-20-18-16-14-12-10-8-6-2/h47-49,52H,5-46H2,1-4H3. The van der Waals surface area contributed by atoms with E-state index in [-0.39, 0.29) is 37.0 Å². The van der Waals surface area contributed by atoms with Crippen LogP contribution >= 0.6 is 0 Å². The van der Waals surface area contributed by atoms with Gasteiger partial charge in [0.25, 0.3) is 0 Å². The van der Waals surface area contributed by atoms with E-state index in [1.54, 1.807) is 0 Å². The molecular weight excluding hydrogens is 693 g/mol. The summed E-state index contributed by atoms with van der Waals surface area (Å²) in [5.74, 6) is -0.948. The summed E-state index contributed by atoms with van der Waals surface area (Å²) in [6.45, 7) is 7.98. The van der Waals surface area contributed by atoms with Gasteiger partial charge in [0.1, 0.15) is 6.61 Å². The van der Waals surface area contributed by atoms with Gasteiger partial charge in [-0.05, 0) is 12.8 Å². The highest BCUT2D eigenvalue weighted by Gasteiger charge is 2.22. The lowest BCUT2D eigenvalue weighted by Gasteiger charge is -2.19. The quantitative estimate of drug-likeness (QED) is 0.0491. The van der Waals surface area contributed by atoms with E-state index in [1.807, 2.05) is 13.8 Å². The van der Waals surface area contributed by atoms with Crippen molar-refractivity contribution in [1.82, 2.24) is 0 Å². The number of unbranched alkanes of at least 4 members (excludes halogenated alkanes) is 36. The number of aliphatic hydroxyl groups is 1. The van der Waals surface area contributed by atoms with Crippen molar-refractivity contribution in [2.75, 3.05) is 13.2 Å². The summed E-state index contributed by atoms with van der Waals surface area (Å²) in [5.41, 5.74) is 0. The molecule has 0 aromatic heterocycles. The third-order valence-corrected chi connectivity index (χ3v) is 12.2. The van der Waals surface area contributed by atoms with Crippen LogP contribution in [0.1, 0.15) is 285 Å². The van der Waals surface area contributed by atoms with Crippen molar-refractivity contribution in [3.8, 4) is 0 Å². The van der Waals surface area contributed by atoms with Crippen molar-refractivity contribution < 1.29 is 24.2 Å². The summed E-state index contributed by atoms with van der Waals surface area (Å²) in [7, 11) is 0. The summed E-state index contributed by atoms with van der Waals surface area (Å²) >= 11 is 0. The minimum atomic E-state index is -0.791. The van der Waals surface area contributed by atoms with Crippen molar-refractivity contribution >= 4 is 11.9 Å². The van der Waals surface area contributed by atoms with Crippen molar-refractivity contribution in [1.29, 1.82) is 0 Å². The molecule has 0 radical (unpaired) electrons. The molecule has 3 unspecified atom stereocenters. The highest BCUT2D eigenvalue weighted by atomic mass is 16.6. The Morgan fingerprint density at radius 3 is 0.857 bits per heavy atom. The Morgan fingerprint density at radius 1 is 0.375 bits per heavy atom. The van der Waals surface area contributed by atoms with Crippen LogP contribution in [-0.2, 0) is 19.1 Å². The molecule has 3 atom stereocenters. The Hall–Kier alpha value is -1.10.